The average molecular weight is 355 g/mol. The van der Waals surface area contributed by atoms with Crippen molar-refractivity contribution in [2.75, 3.05) is 11.9 Å². The van der Waals surface area contributed by atoms with Gasteiger partial charge in [0.2, 0.25) is 5.91 Å². The molecule has 1 aliphatic heterocycles. The lowest BCUT2D eigenvalue weighted by molar-refractivity contribution is -0.120. The minimum atomic E-state index is -0.248. The molecule has 1 fully saturated rings. The maximum atomic E-state index is 14.6. The van der Waals surface area contributed by atoms with E-state index >= 15 is 0 Å². The summed E-state index contributed by atoms with van der Waals surface area (Å²) in [6.07, 6.45) is 7.96. The van der Waals surface area contributed by atoms with Crippen molar-refractivity contribution < 1.29 is 9.18 Å². The molecule has 2 aliphatic rings. The smallest absolute Gasteiger partial charge is 0.227 e. The topological polar surface area (TPSA) is 41.1 Å². The van der Waals surface area contributed by atoms with Crippen molar-refractivity contribution in [1.29, 1.82) is 0 Å². The van der Waals surface area contributed by atoms with Gasteiger partial charge in [0.05, 0.1) is 5.69 Å². The summed E-state index contributed by atoms with van der Waals surface area (Å²) in [4.78, 5) is 12.4. The third-order valence-electron chi connectivity index (χ3n) is 5.32. The summed E-state index contributed by atoms with van der Waals surface area (Å²) in [5.41, 5.74) is 2.09. The van der Waals surface area contributed by atoms with Crippen LogP contribution in [0.2, 0.25) is 0 Å². The van der Waals surface area contributed by atoms with E-state index in [1.165, 1.54) is 32.1 Å². The zero-order valence-electron chi connectivity index (χ0n) is 14.4. The number of amides is 1. The van der Waals surface area contributed by atoms with E-state index in [2.05, 4.69) is 10.6 Å². The predicted molar refractivity (Wildman–Crippen MR) is 98.0 cm³/mol. The molecule has 0 radical (unpaired) electrons. The van der Waals surface area contributed by atoms with Gasteiger partial charge < -0.3 is 10.6 Å². The molecule has 1 aromatic carbocycles. The summed E-state index contributed by atoms with van der Waals surface area (Å²) >= 11 is 0. The Bertz CT molecular complexity index is 573. The number of carbonyl (C=O) groups excluding carboxylic acids is 1. The van der Waals surface area contributed by atoms with E-state index in [1.807, 2.05) is 13.0 Å². The number of nitrogens with one attached hydrogen (secondary N) is 2. The van der Waals surface area contributed by atoms with Gasteiger partial charge in [0.1, 0.15) is 5.82 Å². The molecule has 1 atom stereocenters. The number of hydrogen-bond donors (Lipinski definition) is 2. The molecule has 1 aliphatic carbocycles. The van der Waals surface area contributed by atoms with Crippen LogP contribution in [0, 0.1) is 17.7 Å². The minimum absolute atomic E-state index is 0. The van der Waals surface area contributed by atoms with E-state index in [-0.39, 0.29) is 30.0 Å². The Morgan fingerprint density at radius 2 is 2.08 bits per heavy atom. The van der Waals surface area contributed by atoms with Crippen LogP contribution in [0.25, 0.3) is 0 Å². The fourth-order valence-corrected chi connectivity index (χ4v) is 3.92. The second-order valence-electron chi connectivity index (χ2n) is 7.12. The standard InChI is InChI=1S/C19H27FN2O.ClH/c1-13(11-14-5-3-2-4-6-14)19(23)22-17-8-7-15-12-21-10-9-16(15)18(17)20;/h7-8,13-14,21H,2-6,9-12H2,1H3,(H,22,23);1H. The Balaban J connectivity index is 0.00000208. The molecule has 1 amide bonds. The number of rotatable bonds is 4. The van der Waals surface area contributed by atoms with Gasteiger partial charge in [0, 0.05) is 12.5 Å². The number of anilines is 1. The predicted octanol–water partition coefficient (Wildman–Crippen LogP) is 4.44. The third-order valence-corrected chi connectivity index (χ3v) is 5.32. The number of halogens is 2. The van der Waals surface area contributed by atoms with Crippen molar-refractivity contribution in [3.05, 3.63) is 29.1 Å². The SMILES string of the molecule is CC(CC1CCCCC1)C(=O)Nc1ccc2c(c1F)CCNC2.Cl. The fraction of sp³-hybridized carbons (Fsp3) is 0.632. The first-order chi connectivity index (χ1) is 11.1. The number of carbonyl (C=O) groups is 1. The highest BCUT2D eigenvalue weighted by atomic mass is 35.5. The summed E-state index contributed by atoms with van der Waals surface area (Å²) in [6, 6.07) is 3.62. The fourth-order valence-electron chi connectivity index (χ4n) is 3.92. The number of fused-ring (bicyclic) bond motifs is 1. The molecule has 1 heterocycles. The molecule has 1 unspecified atom stereocenters. The van der Waals surface area contributed by atoms with Gasteiger partial charge in [-0.3, -0.25) is 4.79 Å². The monoisotopic (exact) mass is 354 g/mol. The molecular weight excluding hydrogens is 327 g/mol. The lowest BCUT2D eigenvalue weighted by Crippen LogP contribution is -2.27. The Morgan fingerprint density at radius 3 is 2.83 bits per heavy atom. The van der Waals surface area contributed by atoms with E-state index in [0.717, 1.165) is 24.1 Å². The van der Waals surface area contributed by atoms with E-state index in [4.69, 9.17) is 0 Å². The largest absolute Gasteiger partial charge is 0.323 e. The van der Waals surface area contributed by atoms with Crippen LogP contribution in [0.1, 0.15) is 56.6 Å². The maximum Gasteiger partial charge on any atom is 0.227 e. The van der Waals surface area contributed by atoms with Crippen LogP contribution in [0.4, 0.5) is 10.1 Å². The van der Waals surface area contributed by atoms with Crippen LogP contribution < -0.4 is 10.6 Å². The van der Waals surface area contributed by atoms with Crippen molar-refractivity contribution in [3.63, 3.8) is 0 Å². The van der Waals surface area contributed by atoms with Crippen molar-refractivity contribution >= 4 is 24.0 Å². The lowest BCUT2D eigenvalue weighted by Gasteiger charge is -2.24. The normalized spacial score (nSPS) is 19.1. The average Bonchev–Trinajstić information content (AvgIpc) is 2.58. The van der Waals surface area contributed by atoms with Crippen LogP contribution in [0.3, 0.4) is 0 Å². The Labute approximate surface area is 150 Å². The van der Waals surface area contributed by atoms with Crippen LogP contribution in [0.15, 0.2) is 12.1 Å². The molecule has 0 spiro atoms. The maximum absolute atomic E-state index is 14.6. The first-order valence-electron chi connectivity index (χ1n) is 8.97. The quantitative estimate of drug-likeness (QED) is 0.839. The Morgan fingerprint density at radius 1 is 1.33 bits per heavy atom. The van der Waals surface area contributed by atoms with Crippen LogP contribution in [-0.4, -0.2) is 12.5 Å². The first-order valence-corrected chi connectivity index (χ1v) is 8.97. The van der Waals surface area contributed by atoms with E-state index in [1.54, 1.807) is 6.07 Å². The van der Waals surface area contributed by atoms with Gasteiger partial charge in [0.25, 0.3) is 0 Å². The van der Waals surface area contributed by atoms with Crippen molar-refractivity contribution in [1.82, 2.24) is 5.32 Å². The van der Waals surface area contributed by atoms with Crippen molar-refractivity contribution in [3.8, 4) is 0 Å². The molecule has 24 heavy (non-hydrogen) atoms. The summed E-state index contributed by atoms with van der Waals surface area (Å²) in [5.74, 6) is 0.296. The highest BCUT2D eigenvalue weighted by Crippen LogP contribution is 2.30. The number of benzene rings is 1. The Hall–Kier alpha value is -1.13. The highest BCUT2D eigenvalue weighted by molar-refractivity contribution is 5.92. The molecule has 2 N–H and O–H groups in total. The molecule has 3 nitrogen and oxygen atoms in total. The van der Waals surface area contributed by atoms with E-state index < -0.39 is 0 Å². The van der Waals surface area contributed by atoms with Crippen molar-refractivity contribution in [2.24, 2.45) is 11.8 Å². The zero-order chi connectivity index (χ0) is 16.2. The highest BCUT2D eigenvalue weighted by Gasteiger charge is 2.23. The summed E-state index contributed by atoms with van der Waals surface area (Å²) in [7, 11) is 0. The summed E-state index contributed by atoms with van der Waals surface area (Å²) in [6.45, 7) is 3.46. The number of hydrogen-bond acceptors (Lipinski definition) is 2. The van der Waals surface area contributed by atoms with Gasteiger partial charge in [-0.05, 0) is 42.5 Å². The van der Waals surface area contributed by atoms with Gasteiger partial charge in [-0.2, -0.15) is 0 Å². The lowest BCUT2D eigenvalue weighted by atomic mass is 9.83. The summed E-state index contributed by atoms with van der Waals surface area (Å²) in [5, 5.41) is 6.05. The van der Waals surface area contributed by atoms with Gasteiger partial charge in [-0.15, -0.1) is 12.4 Å². The summed E-state index contributed by atoms with van der Waals surface area (Å²) < 4.78 is 14.6. The zero-order valence-corrected chi connectivity index (χ0v) is 15.2. The molecule has 1 saturated carbocycles. The van der Waals surface area contributed by atoms with E-state index in [9.17, 15) is 9.18 Å². The molecule has 0 saturated heterocycles. The molecule has 5 heteroatoms. The van der Waals surface area contributed by atoms with E-state index in [0.29, 0.717) is 24.6 Å². The van der Waals surface area contributed by atoms with Gasteiger partial charge >= 0.3 is 0 Å². The third kappa shape index (κ3) is 4.48. The first kappa shape index (κ1) is 19.2. The second kappa shape index (κ2) is 8.82. The molecule has 1 aromatic rings. The van der Waals surface area contributed by atoms with Gasteiger partial charge in [-0.25, -0.2) is 4.39 Å². The van der Waals surface area contributed by atoms with Crippen LogP contribution in [-0.2, 0) is 17.8 Å². The van der Waals surface area contributed by atoms with Crippen molar-refractivity contribution in [2.45, 2.75) is 58.4 Å². The molecule has 134 valence electrons. The van der Waals surface area contributed by atoms with Gasteiger partial charge in [-0.1, -0.05) is 45.1 Å². The van der Waals surface area contributed by atoms with Gasteiger partial charge in [0.15, 0.2) is 0 Å². The molecule has 3 rings (SSSR count). The van der Waals surface area contributed by atoms with Crippen LogP contribution >= 0.6 is 12.4 Å². The second-order valence-corrected chi connectivity index (χ2v) is 7.12. The molecule has 0 aromatic heterocycles. The van der Waals surface area contributed by atoms with Crippen LogP contribution in [0.5, 0.6) is 0 Å². The molecular formula is C19H28ClFN2O. The Kier molecular flexibility index (Phi) is 7.05. The molecule has 0 bridgehead atoms. The minimum Gasteiger partial charge on any atom is -0.323 e.